The summed E-state index contributed by atoms with van der Waals surface area (Å²) in [6, 6.07) is 26.1. The molecule has 0 saturated carbocycles. The van der Waals surface area contributed by atoms with E-state index in [2.05, 4.69) is 47.8 Å². The fraction of sp³-hybridized carbons (Fsp3) is 0.102. The minimum atomic E-state index is -0.543. The zero-order valence-corrected chi connectivity index (χ0v) is 35.5. The second-order valence-electron chi connectivity index (χ2n) is 14.2. The summed E-state index contributed by atoms with van der Waals surface area (Å²) in [5, 5.41) is 13.3. The molecule has 4 heterocycles. The number of fused-ring (bicyclic) bond motifs is 2. The molecule has 0 spiro atoms. The first kappa shape index (κ1) is 43.9. The molecule has 0 radical (unpaired) electrons. The molecule has 4 aromatic heterocycles. The van der Waals surface area contributed by atoms with E-state index in [1.54, 1.807) is 91.1 Å². The van der Waals surface area contributed by atoms with Crippen molar-refractivity contribution >= 4 is 74.1 Å². The van der Waals surface area contributed by atoms with E-state index in [1.807, 2.05) is 6.92 Å². The van der Waals surface area contributed by atoms with Crippen molar-refractivity contribution < 1.29 is 32.6 Å². The van der Waals surface area contributed by atoms with Crippen molar-refractivity contribution in [3.05, 3.63) is 152 Å². The molecule has 66 heavy (non-hydrogen) atoms. The summed E-state index contributed by atoms with van der Waals surface area (Å²) in [5.74, 6) is -0.369. The van der Waals surface area contributed by atoms with Crippen LogP contribution in [-0.4, -0.2) is 68.6 Å². The maximum atomic E-state index is 14.8. The molecular weight excluding hydrogens is 847 g/mol. The molecule has 17 heteroatoms. The summed E-state index contributed by atoms with van der Waals surface area (Å²) in [4.78, 5) is 53.4. The van der Waals surface area contributed by atoms with Gasteiger partial charge < -0.3 is 35.5 Å². The van der Waals surface area contributed by atoms with Gasteiger partial charge in [0.25, 0.3) is 0 Å². The first-order valence-electron chi connectivity index (χ1n) is 20.5. The lowest BCUT2D eigenvalue weighted by Gasteiger charge is -2.16. The van der Waals surface area contributed by atoms with Crippen LogP contribution in [0.4, 0.5) is 43.2 Å². The number of rotatable bonds is 17. The van der Waals surface area contributed by atoms with Gasteiger partial charge in [0, 0.05) is 71.0 Å². The highest BCUT2D eigenvalue weighted by Gasteiger charge is 2.18. The molecule has 2 amide bonds. The lowest BCUT2D eigenvalue weighted by atomic mass is 10.1. The van der Waals surface area contributed by atoms with Crippen LogP contribution in [0.25, 0.3) is 50.4 Å². The Labute approximate surface area is 376 Å². The van der Waals surface area contributed by atoms with Crippen molar-refractivity contribution in [1.82, 2.24) is 29.9 Å². The molecule has 8 rings (SSSR count). The molecule has 330 valence electrons. The first-order valence-corrected chi connectivity index (χ1v) is 20.5. The molecule has 15 nitrogen and oxygen atoms in total. The third-order valence-corrected chi connectivity index (χ3v) is 9.83. The Balaban J connectivity index is 1.13. The number of carbonyl (C=O) groups excluding carboxylic acids is 2. The lowest BCUT2D eigenvalue weighted by molar-refractivity contribution is -0.112. The number of anilines is 6. The Kier molecular flexibility index (Phi) is 13.5. The average molecular weight is 887 g/mol. The van der Waals surface area contributed by atoms with Crippen LogP contribution in [0, 0.1) is 11.6 Å². The molecule has 0 saturated heterocycles. The smallest absolute Gasteiger partial charge is 0.248 e. The number of hydrogen-bond donors (Lipinski definition) is 4. The molecule has 4 N–H and O–H groups in total. The normalized spacial score (nSPS) is 11.1. The number of benzene rings is 4. The molecule has 0 fully saturated rings. The highest BCUT2D eigenvalue weighted by Crippen LogP contribution is 2.36. The lowest BCUT2D eigenvalue weighted by Crippen LogP contribution is -2.12. The Morgan fingerprint density at radius 2 is 1.26 bits per heavy atom. The van der Waals surface area contributed by atoms with Gasteiger partial charge in [-0.05, 0) is 79.7 Å². The monoisotopic (exact) mass is 886 g/mol. The summed E-state index contributed by atoms with van der Waals surface area (Å²) in [6.07, 6.45) is 8.33. The van der Waals surface area contributed by atoms with Gasteiger partial charge in [0.05, 0.1) is 47.0 Å². The van der Waals surface area contributed by atoms with Crippen molar-refractivity contribution in [3.63, 3.8) is 0 Å². The van der Waals surface area contributed by atoms with Crippen LogP contribution in [0.5, 0.6) is 11.5 Å². The number of aromatic nitrogens is 6. The zero-order chi connectivity index (χ0) is 46.0. The number of pyridine rings is 2. The Morgan fingerprint density at radius 3 is 1.88 bits per heavy atom. The van der Waals surface area contributed by atoms with E-state index in [0.29, 0.717) is 91.0 Å². The summed E-state index contributed by atoms with van der Waals surface area (Å²) < 4.78 is 46.5. The van der Waals surface area contributed by atoms with E-state index in [9.17, 15) is 18.4 Å². The third kappa shape index (κ3) is 10.2. The fourth-order valence-electron chi connectivity index (χ4n) is 6.78. The average Bonchev–Trinajstić information content (AvgIpc) is 3.32. The van der Waals surface area contributed by atoms with E-state index in [-0.39, 0.29) is 24.9 Å². The Bertz CT molecular complexity index is 3150. The van der Waals surface area contributed by atoms with Crippen molar-refractivity contribution in [1.29, 1.82) is 0 Å². The standard InChI is InChI=1S/C49H40F2N10O5/c1-4-46(62)59-42-25-34-40(27-44(42)66-21-20-64-3)58-45(61-49(34)57-30-17-19-53-38(23-30)32-11-7-9-13-36(32)51)14-15-47(63)60-41-24-33-39(26-43(41)65-5-2)54-28-55-48(33)56-29-16-18-52-37(22-29)31-10-6-8-12-35(31)50/h4,6-19,22-28H,1,5,20-21H2,2-3H3,(H,59,62)(H,60,63)(H,52,54,55,56)(H,53,57,58,61)/b15-14+. The zero-order valence-electron chi connectivity index (χ0n) is 35.5. The molecule has 4 aromatic carbocycles. The van der Waals surface area contributed by atoms with E-state index in [4.69, 9.17) is 24.2 Å². The SMILES string of the molecule is C=CC(=O)Nc1cc2c(Nc3ccnc(-c4ccccc4F)c3)nc(/C=C/C(=O)Nc3cc4c(Nc5ccnc(-c6ccccc6F)c5)ncnc4cc3OCC)nc2cc1OCCOC. The second kappa shape index (κ2) is 20.2. The third-order valence-electron chi connectivity index (χ3n) is 9.83. The van der Waals surface area contributed by atoms with Crippen LogP contribution in [0.15, 0.2) is 135 Å². The van der Waals surface area contributed by atoms with Gasteiger partial charge in [-0.25, -0.2) is 28.7 Å². The predicted octanol–water partition coefficient (Wildman–Crippen LogP) is 9.66. The van der Waals surface area contributed by atoms with Gasteiger partial charge in [-0.2, -0.15) is 0 Å². The van der Waals surface area contributed by atoms with E-state index < -0.39 is 23.4 Å². The van der Waals surface area contributed by atoms with E-state index >= 15 is 0 Å². The minimum Gasteiger partial charge on any atom is -0.492 e. The predicted molar refractivity (Wildman–Crippen MR) is 250 cm³/mol. The maximum Gasteiger partial charge on any atom is 0.248 e. The Morgan fingerprint density at radius 1 is 0.667 bits per heavy atom. The fourth-order valence-corrected chi connectivity index (χ4v) is 6.78. The number of amides is 2. The van der Waals surface area contributed by atoms with Crippen LogP contribution in [0.2, 0.25) is 0 Å². The second-order valence-corrected chi connectivity index (χ2v) is 14.2. The van der Waals surface area contributed by atoms with Crippen LogP contribution in [0.1, 0.15) is 12.7 Å². The number of ether oxygens (including phenoxy) is 3. The van der Waals surface area contributed by atoms with E-state index in [1.165, 1.54) is 43.9 Å². The Hall–Kier alpha value is -8.70. The van der Waals surface area contributed by atoms with Crippen LogP contribution >= 0.6 is 0 Å². The summed E-state index contributed by atoms with van der Waals surface area (Å²) in [6.45, 7) is 6.12. The first-order chi connectivity index (χ1) is 32.2. The molecule has 0 unspecified atom stereocenters. The topological polar surface area (TPSA) is 187 Å². The van der Waals surface area contributed by atoms with Gasteiger partial charge in [0.1, 0.15) is 47.7 Å². The van der Waals surface area contributed by atoms with Gasteiger partial charge in [0.2, 0.25) is 11.8 Å². The number of nitrogens with zero attached hydrogens (tertiary/aromatic N) is 6. The number of halogens is 2. The highest BCUT2D eigenvalue weighted by atomic mass is 19.1. The summed E-state index contributed by atoms with van der Waals surface area (Å²) >= 11 is 0. The number of nitrogens with one attached hydrogen (secondary N) is 4. The van der Waals surface area contributed by atoms with E-state index in [0.717, 1.165) is 6.08 Å². The molecule has 8 aromatic rings. The highest BCUT2D eigenvalue weighted by molar-refractivity contribution is 6.06. The minimum absolute atomic E-state index is 0.129. The quantitative estimate of drug-likeness (QED) is 0.0501. The summed E-state index contributed by atoms with van der Waals surface area (Å²) in [7, 11) is 1.54. The molecule has 0 aliphatic rings. The van der Waals surface area contributed by atoms with Crippen LogP contribution < -0.4 is 30.7 Å². The number of carbonyl (C=O) groups is 2. The number of methoxy groups -OCH3 is 1. The van der Waals surface area contributed by atoms with Crippen molar-refractivity contribution in [2.75, 3.05) is 48.2 Å². The van der Waals surface area contributed by atoms with Crippen molar-refractivity contribution in [3.8, 4) is 34.0 Å². The van der Waals surface area contributed by atoms with Crippen LogP contribution in [-0.2, 0) is 14.3 Å². The van der Waals surface area contributed by atoms with Crippen molar-refractivity contribution in [2.24, 2.45) is 0 Å². The van der Waals surface area contributed by atoms with Crippen molar-refractivity contribution in [2.45, 2.75) is 6.92 Å². The molecule has 0 atom stereocenters. The summed E-state index contributed by atoms with van der Waals surface area (Å²) in [5.41, 5.74) is 4.13. The van der Waals surface area contributed by atoms with Gasteiger partial charge in [-0.3, -0.25) is 19.6 Å². The van der Waals surface area contributed by atoms with Crippen LogP contribution in [0.3, 0.4) is 0 Å². The molecule has 0 aliphatic carbocycles. The van der Waals surface area contributed by atoms with Gasteiger partial charge >= 0.3 is 0 Å². The molecule has 0 aliphatic heterocycles. The van der Waals surface area contributed by atoms with Gasteiger partial charge in [-0.15, -0.1) is 0 Å². The van der Waals surface area contributed by atoms with Gasteiger partial charge in [0.15, 0.2) is 5.82 Å². The largest absolute Gasteiger partial charge is 0.492 e. The maximum absolute atomic E-state index is 14.8. The molecular formula is C49H40F2N10O5. The molecule has 0 bridgehead atoms. The van der Waals surface area contributed by atoms with Gasteiger partial charge in [-0.1, -0.05) is 30.8 Å². The number of hydrogen-bond acceptors (Lipinski definition) is 13.